The summed E-state index contributed by atoms with van der Waals surface area (Å²) in [6.07, 6.45) is 8.93. The van der Waals surface area contributed by atoms with Crippen LogP contribution in [0.1, 0.15) is 54.2 Å². The number of carbonyl (C=O) groups excluding carboxylic acids is 2. The third-order valence-electron chi connectivity index (χ3n) is 7.23. The summed E-state index contributed by atoms with van der Waals surface area (Å²) in [7, 11) is -4.33. The summed E-state index contributed by atoms with van der Waals surface area (Å²) in [5, 5.41) is 0.742. The van der Waals surface area contributed by atoms with Crippen LogP contribution < -0.4 is 14.4 Å². The molecule has 12 heteroatoms. The fraction of sp³-hybridized carbons (Fsp3) is 0.303. The molecule has 2 aromatic carbocycles. The zero-order valence-electron chi connectivity index (χ0n) is 26.0. The Bertz CT molecular complexity index is 1800. The van der Waals surface area contributed by atoms with Crippen LogP contribution in [0.4, 0.5) is 11.4 Å². The number of aryl methyl sites for hydroxylation is 1. The van der Waals surface area contributed by atoms with Crippen molar-refractivity contribution in [1.82, 2.24) is 4.57 Å². The van der Waals surface area contributed by atoms with E-state index in [0.717, 1.165) is 33.9 Å². The number of anilines is 2. The van der Waals surface area contributed by atoms with E-state index in [1.165, 1.54) is 6.08 Å². The largest absolute Gasteiger partial charge is 0.462 e. The van der Waals surface area contributed by atoms with E-state index in [4.69, 9.17) is 9.47 Å². The molecule has 1 aromatic heterocycles. The lowest BCUT2D eigenvalue weighted by atomic mass is 10.1. The van der Waals surface area contributed by atoms with E-state index in [1.807, 2.05) is 54.8 Å². The molecule has 45 heavy (non-hydrogen) atoms. The van der Waals surface area contributed by atoms with Gasteiger partial charge in [-0.3, -0.25) is 4.55 Å². The van der Waals surface area contributed by atoms with Gasteiger partial charge in [0.25, 0.3) is 15.9 Å². The first-order valence-corrected chi connectivity index (χ1v) is 16.3. The summed E-state index contributed by atoms with van der Waals surface area (Å²) in [5.74, 6) is 0.778. The second-order valence-electron chi connectivity index (χ2n) is 9.98. The molecule has 1 aliphatic rings. The van der Waals surface area contributed by atoms with Crippen LogP contribution in [0, 0.1) is 0 Å². The maximum Gasteiger partial charge on any atom is 0.338 e. The zero-order chi connectivity index (χ0) is 32.7. The lowest BCUT2D eigenvalue weighted by Gasteiger charge is -2.23. The normalized spacial score (nSPS) is 14.2. The molecule has 0 fully saturated rings. The predicted octanol–water partition coefficient (Wildman–Crippen LogP) is 5.09. The van der Waals surface area contributed by atoms with Gasteiger partial charge in [0, 0.05) is 25.2 Å². The topological polar surface area (TPSA) is 122 Å². The Hall–Kier alpha value is -4.68. The van der Waals surface area contributed by atoms with Crippen LogP contribution >= 0.6 is 0 Å². The van der Waals surface area contributed by atoms with Crippen molar-refractivity contribution in [1.29, 1.82) is 0 Å². The Labute approximate surface area is 263 Å². The Balaban J connectivity index is 1.83. The molecule has 0 radical (unpaired) electrons. The van der Waals surface area contributed by atoms with Crippen molar-refractivity contribution in [3.63, 3.8) is 0 Å². The van der Waals surface area contributed by atoms with Crippen LogP contribution in [0.15, 0.2) is 78.5 Å². The Kier molecular flexibility index (Phi) is 10.6. The van der Waals surface area contributed by atoms with Crippen molar-refractivity contribution >= 4 is 50.5 Å². The highest BCUT2D eigenvalue weighted by Crippen LogP contribution is 2.42. The highest BCUT2D eigenvalue weighted by atomic mass is 32.2. The molecular formula is C33H39N4O7S+. The van der Waals surface area contributed by atoms with Gasteiger partial charge in [-0.05, 0) is 70.2 Å². The van der Waals surface area contributed by atoms with E-state index in [1.54, 1.807) is 38.1 Å². The van der Waals surface area contributed by atoms with Gasteiger partial charge >= 0.3 is 11.9 Å². The van der Waals surface area contributed by atoms with E-state index < -0.39 is 16.1 Å². The van der Waals surface area contributed by atoms with Gasteiger partial charge in [0.2, 0.25) is 0 Å². The number of hydrogen-bond acceptors (Lipinski definition) is 8. The molecule has 0 saturated carbocycles. The monoisotopic (exact) mass is 635 g/mol. The molecule has 2 heterocycles. The first-order chi connectivity index (χ1) is 21.6. The zero-order valence-corrected chi connectivity index (χ0v) is 26.8. The minimum absolute atomic E-state index is 0.109. The Morgan fingerprint density at radius 3 is 2.20 bits per heavy atom. The van der Waals surface area contributed by atoms with Gasteiger partial charge in [-0.15, -0.1) is 6.58 Å². The van der Waals surface area contributed by atoms with Crippen LogP contribution in [0.25, 0.3) is 17.1 Å². The van der Waals surface area contributed by atoms with Gasteiger partial charge in [-0.2, -0.15) is 8.42 Å². The van der Waals surface area contributed by atoms with Crippen molar-refractivity contribution in [2.24, 2.45) is 0 Å². The second kappa shape index (κ2) is 14.4. The second-order valence-corrected chi connectivity index (χ2v) is 11.3. The van der Waals surface area contributed by atoms with Crippen molar-refractivity contribution in [3.8, 4) is 0 Å². The molecule has 0 aliphatic carbocycles. The van der Waals surface area contributed by atoms with E-state index in [0.29, 0.717) is 36.3 Å². The third kappa shape index (κ3) is 7.18. The molecule has 4 rings (SSSR count). The molecule has 1 aliphatic heterocycles. The minimum Gasteiger partial charge on any atom is -0.462 e. The summed E-state index contributed by atoms with van der Waals surface area (Å²) in [4.78, 5) is 29.2. The number of benzene rings is 2. The smallest absolute Gasteiger partial charge is 0.338 e. The fourth-order valence-electron chi connectivity index (χ4n) is 5.43. The van der Waals surface area contributed by atoms with E-state index >= 15 is 0 Å². The highest BCUT2D eigenvalue weighted by Gasteiger charge is 2.30. The summed E-state index contributed by atoms with van der Waals surface area (Å²) < 4.78 is 46.4. The number of hydrogen-bond donors (Lipinski definition) is 1. The van der Waals surface area contributed by atoms with Gasteiger partial charge in [0.05, 0.1) is 47.7 Å². The summed E-state index contributed by atoms with van der Waals surface area (Å²) in [6.45, 7) is 13.9. The molecular weight excluding hydrogens is 596 g/mol. The summed E-state index contributed by atoms with van der Waals surface area (Å²) in [6, 6.07) is 10.8. The molecule has 1 N–H and O–H groups in total. The number of nitrogens with zero attached hydrogens (tertiary/aromatic N) is 4. The lowest BCUT2D eigenvalue weighted by Crippen LogP contribution is -2.35. The number of ether oxygens (including phenoxy) is 2. The lowest BCUT2D eigenvalue weighted by molar-refractivity contribution is -0.670. The summed E-state index contributed by atoms with van der Waals surface area (Å²) in [5.41, 5.74) is 4.17. The fourth-order valence-corrected chi connectivity index (χ4v) is 5.76. The number of esters is 2. The van der Waals surface area contributed by atoms with Gasteiger partial charge in [-0.1, -0.05) is 12.2 Å². The number of imidazole rings is 1. The number of aromatic nitrogens is 2. The van der Waals surface area contributed by atoms with E-state index in [-0.39, 0.29) is 25.7 Å². The molecule has 0 unspecified atom stereocenters. The molecule has 238 valence electrons. The molecule has 0 atom stereocenters. The number of allylic oxidation sites excluding steroid dienone is 3. The molecule has 3 aromatic rings. The first kappa shape index (κ1) is 33.2. The Morgan fingerprint density at radius 2 is 1.60 bits per heavy atom. The molecule has 0 bridgehead atoms. The van der Waals surface area contributed by atoms with Crippen molar-refractivity contribution < 1.29 is 36.6 Å². The van der Waals surface area contributed by atoms with Crippen LogP contribution in [0.5, 0.6) is 0 Å². The predicted molar refractivity (Wildman–Crippen MR) is 175 cm³/mol. The molecule has 0 saturated heterocycles. The maximum atomic E-state index is 12.5. The van der Waals surface area contributed by atoms with Gasteiger partial charge in [-0.25, -0.2) is 18.7 Å². The summed E-state index contributed by atoms with van der Waals surface area (Å²) >= 11 is 0. The molecule has 11 nitrogen and oxygen atoms in total. The van der Waals surface area contributed by atoms with E-state index in [2.05, 4.69) is 20.9 Å². The number of fused-ring (bicyclic) bond motifs is 2. The van der Waals surface area contributed by atoms with Crippen LogP contribution in [0.3, 0.4) is 0 Å². The van der Waals surface area contributed by atoms with Crippen LogP contribution in [0.2, 0.25) is 0 Å². The molecule has 0 spiro atoms. The van der Waals surface area contributed by atoms with Crippen molar-refractivity contribution in [3.05, 3.63) is 95.5 Å². The maximum absolute atomic E-state index is 12.5. The Morgan fingerprint density at radius 1 is 0.933 bits per heavy atom. The third-order valence-corrected chi connectivity index (χ3v) is 7.77. The van der Waals surface area contributed by atoms with Crippen molar-refractivity contribution in [2.75, 3.05) is 36.1 Å². The van der Waals surface area contributed by atoms with E-state index in [9.17, 15) is 22.6 Å². The minimum atomic E-state index is -4.33. The van der Waals surface area contributed by atoms with Crippen LogP contribution in [-0.4, -0.2) is 55.8 Å². The standard InChI is InChI=1S/C33H38N4O7S/c1-6-19-36-28-22-24(32(38)43-9-4)15-17-26(28)34(7-2)30(36)13-11-14-31-35(8-3)27-18-16-25(33(39)44-10-5)23-29(27)37(31)20-12-21-45(40,41)42/h6,11-18,21-23H,1,7-10,19-20H2,2-5H3/p+1. The van der Waals surface area contributed by atoms with Gasteiger partial charge < -0.3 is 19.3 Å². The SMILES string of the molecule is C=CCN1/C(=C/C=C/c2n(CC=CS(=O)(=O)O)c3cc(C(=O)OCC)ccc3[n+]2CC)N(CC)c2ccc(C(=O)OCC)cc21. The average molecular weight is 636 g/mol. The number of rotatable bonds is 13. The average Bonchev–Trinajstić information content (AvgIpc) is 3.47. The van der Waals surface area contributed by atoms with Crippen molar-refractivity contribution in [2.45, 2.75) is 40.8 Å². The van der Waals surface area contributed by atoms with Crippen LogP contribution in [-0.2, 0) is 32.7 Å². The first-order valence-electron chi connectivity index (χ1n) is 14.8. The molecule has 0 amide bonds. The quantitative estimate of drug-likeness (QED) is 0.118. The number of carbonyl (C=O) groups is 2. The highest BCUT2D eigenvalue weighted by molar-refractivity contribution is 7.88. The van der Waals surface area contributed by atoms with Gasteiger partial charge in [0.1, 0.15) is 12.4 Å². The van der Waals surface area contributed by atoms with Gasteiger partial charge in [0.15, 0.2) is 11.0 Å².